The Morgan fingerprint density at radius 3 is 3.00 bits per heavy atom. The van der Waals surface area contributed by atoms with Gasteiger partial charge in [0.2, 0.25) is 0 Å². The highest BCUT2D eigenvalue weighted by atomic mass is 32.1. The highest BCUT2D eigenvalue weighted by Gasteiger charge is 2.08. The van der Waals surface area contributed by atoms with Gasteiger partial charge in [0, 0.05) is 28.0 Å². The van der Waals surface area contributed by atoms with Crippen LogP contribution in [-0.4, -0.2) is 9.97 Å². The first-order valence-electron chi connectivity index (χ1n) is 4.80. The first-order valence-corrected chi connectivity index (χ1v) is 5.68. The molecule has 1 aromatic carbocycles. The number of nitrogens with one attached hydrogen (secondary N) is 1. The minimum Gasteiger partial charge on any atom is -0.360 e. The van der Waals surface area contributed by atoms with E-state index >= 15 is 0 Å². The van der Waals surface area contributed by atoms with E-state index in [9.17, 15) is 0 Å². The van der Waals surface area contributed by atoms with Gasteiger partial charge in [0.05, 0.1) is 5.69 Å². The van der Waals surface area contributed by atoms with Gasteiger partial charge in [-0.2, -0.15) is 5.26 Å². The third-order valence-electron chi connectivity index (χ3n) is 2.47. The minimum atomic E-state index is 0.500. The highest BCUT2D eigenvalue weighted by molar-refractivity contribution is 7.10. The molecule has 1 N–H and O–H groups in total. The summed E-state index contributed by atoms with van der Waals surface area (Å²) in [4.78, 5) is 7.45. The SMILES string of the molecule is N#Cc1nc(-c2c[nH]c3ccccc23)cs1. The Morgan fingerprint density at radius 1 is 1.31 bits per heavy atom. The first-order chi connectivity index (χ1) is 7.88. The fourth-order valence-electron chi connectivity index (χ4n) is 1.73. The number of nitriles is 1. The molecule has 2 aromatic heterocycles. The van der Waals surface area contributed by atoms with Gasteiger partial charge >= 0.3 is 0 Å². The van der Waals surface area contributed by atoms with Crippen LogP contribution in [0.1, 0.15) is 5.01 Å². The monoisotopic (exact) mass is 225 g/mol. The zero-order valence-corrected chi connectivity index (χ0v) is 9.08. The van der Waals surface area contributed by atoms with Gasteiger partial charge < -0.3 is 4.98 Å². The number of fused-ring (bicyclic) bond motifs is 1. The molecule has 76 valence electrons. The fraction of sp³-hybridized carbons (Fsp3) is 0. The standard InChI is InChI=1S/C12H7N3S/c13-5-12-15-11(7-16-12)9-6-14-10-4-2-1-3-8(9)10/h1-4,6-7,14H. The Morgan fingerprint density at radius 2 is 2.19 bits per heavy atom. The summed E-state index contributed by atoms with van der Waals surface area (Å²) >= 11 is 1.37. The fourth-order valence-corrected chi connectivity index (χ4v) is 2.34. The summed E-state index contributed by atoms with van der Waals surface area (Å²) in [6.45, 7) is 0. The van der Waals surface area contributed by atoms with Gasteiger partial charge in [-0.05, 0) is 6.07 Å². The van der Waals surface area contributed by atoms with Crippen LogP contribution in [0.2, 0.25) is 0 Å². The summed E-state index contributed by atoms with van der Waals surface area (Å²) in [5, 5.41) is 12.3. The van der Waals surface area contributed by atoms with Crippen LogP contribution in [-0.2, 0) is 0 Å². The summed E-state index contributed by atoms with van der Waals surface area (Å²) in [6, 6.07) is 10.1. The summed E-state index contributed by atoms with van der Waals surface area (Å²) in [5.41, 5.74) is 3.00. The predicted molar refractivity (Wildman–Crippen MR) is 64.1 cm³/mol. The third-order valence-corrected chi connectivity index (χ3v) is 3.21. The molecule has 0 aliphatic carbocycles. The van der Waals surface area contributed by atoms with E-state index in [2.05, 4.69) is 16.0 Å². The Labute approximate surface area is 96.0 Å². The van der Waals surface area contributed by atoms with Crippen molar-refractivity contribution in [1.82, 2.24) is 9.97 Å². The summed E-state index contributed by atoms with van der Waals surface area (Å²) < 4.78 is 0. The largest absolute Gasteiger partial charge is 0.360 e. The number of hydrogen-bond donors (Lipinski definition) is 1. The predicted octanol–water partition coefficient (Wildman–Crippen LogP) is 3.16. The maximum atomic E-state index is 8.75. The molecule has 0 radical (unpaired) electrons. The van der Waals surface area contributed by atoms with E-state index in [-0.39, 0.29) is 0 Å². The molecular formula is C12H7N3S. The average Bonchev–Trinajstić information content (AvgIpc) is 2.94. The van der Waals surface area contributed by atoms with E-state index in [1.807, 2.05) is 35.8 Å². The molecular weight excluding hydrogens is 218 g/mol. The first kappa shape index (κ1) is 9.13. The Kier molecular flexibility index (Phi) is 1.98. The third kappa shape index (κ3) is 1.30. The van der Waals surface area contributed by atoms with Crippen LogP contribution in [0.5, 0.6) is 0 Å². The van der Waals surface area contributed by atoms with Crippen molar-refractivity contribution < 1.29 is 0 Å². The maximum Gasteiger partial charge on any atom is 0.194 e. The van der Waals surface area contributed by atoms with E-state index in [1.165, 1.54) is 11.3 Å². The van der Waals surface area contributed by atoms with Crippen LogP contribution >= 0.6 is 11.3 Å². The lowest BCUT2D eigenvalue weighted by Crippen LogP contribution is -1.75. The quantitative estimate of drug-likeness (QED) is 0.691. The van der Waals surface area contributed by atoms with Gasteiger partial charge in [-0.3, -0.25) is 0 Å². The molecule has 0 bridgehead atoms. The molecule has 3 aromatic rings. The molecule has 4 heteroatoms. The van der Waals surface area contributed by atoms with E-state index in [4.69, 9.17) is 5.26 Å². The molecule has 0 fully saturated rings. The van der Waals surface area contributed by atoms with Gasteiger partial charge in [-0.1, -0.05) is 18.2 Å². The van der Waals surface area contributed by atoms with Gasteiger partial charge in [0.15, 0.2) is 5.01 Å². The van der Waals surface area contributed by atoms with Crippen molar-refractivity contribution in [2.75, 3.05) is 0 Å². The molecule has 0 spiro atoms. The number of thiazole rings is 1. The van der Waals surface area contributed by atoms with Crippen LogP contribution in [0.4, 0.5) is 0 Å². The highest BCUT2D eigenvalue weighted by Crippen LogP contribution is 2.28. The van der Waals surface area contributed by atoms with Crippen LogP contribution < -0.4 is 0 Å². The number of nitrogens with zero attached hydrogens (tertiary/aromatic N) is 2. The van der Waals surface area contributed by atoms with Crippen molar-refractivity contribution in [2.45, 2.75) is 0 Å². The number of rotatable bonds is 1. The van der Waals surface area contributed by atoms with Crippen molar-refractivity contribution >= 4 is 22.2 Å². The van der Waals surface area contributed by atoms with Crippen LogP contribution in [0.25, 0.3) is 22.2 Å². The molecule has 2 heterocycles. The summed E-state index contributed by atoms with van der Waals surface area (Å²) in [7, 11) is 0. The minimum absolute atomic E-state index is 0.500. The second kappa shape index (κ2) is 3.47. The van der Waals surface area contributed by atoms with E-state index in [1.54, 1.807) is 0 Å². The Hall–Kier alpha value is -2.12. The molecule has 3 rings (SSSR count). The number of aromatic amines is 1. The lowest BCUT2D eigenvalue weighted by atomic mass is 10.1. The molecule has 0 amide bonds. The Balaban J connectivity index is 2.23. The van der Waals surface area contributed by atoms with E-state index in [0.29, 0.717) is 5.01 Å². The smallest absolute Gasteiger partial charge is 0.194 e. The van der Waals surface area contributed by atoms with Crippen molar-refractivity contribution in [3.05, 3.63) is 40.8 Å². The number of para-hydroxylation sites is 1. The number of hydrogen-bond acceptors (Lipinski definition) is 3. The van der Waals surface area contributed by atoms with Gasteiger partial charge in [-0.15, -0.1) is 11.3 Å². The average molecular weight is 225 g/mol. The van der Waals surface area contributed by atoms with Gasteiger partial charge in [0.25, 0.3) is 0 Å². The molecule has 0 atom stereocenters. The maximum absolute atomic E-state index is 8.75. The zero-order chi connectivity index (χ0) is 11.0. The Bertz CT molecular complexity index is 687. The topological polar surface area (TPSA) is 52.5 Å². The lowest BCUT2D eigenvalue weighted by molar-refractivity contribution is 1.35. The number of benzene rings is 1. The molecule has 0 saturated heterocycles. The molecule has 0 saturated carbocycles. The molecule has 3 nitrogen and oxygen atoms in total. The van der Waals surface area contributed by atoms with Crippen molar-refractivity contribution in [3.8, 4) is 17.3 Å². The molecule has 0 aliphatic heterocycles. The zero-order valence-electron chi connectivity index (χ0n) is 8.27. The number of H-pyrrole nitrogens is 1. The van der Waals surface area contributed by atoms with Crippen molar-refractivity contribution in [1.29, 1.82) is 5.26 Å². The van der Waals surface area contributed by atoms with Gasteiger partial charge in [-0.25, -0.2) is 4.98 Å². The molecule has 0 aliphatic rings. The van der Waals surface area contributed by atoms with Crippen molar-refractivity contribution in [2.24, 2.45) is 0 Å². The van der Waals surface area contributed by atoms with Crippen LogP contribution in [0.3, 0.4) is 0 Å². The second-order valence-electron chi connectivity index (χ2n) is 3.40. The summed E-state index contributed by atoms with van der Waals surface area (Å²) in [5.74, 6) is 0. The van der Waals surface area contributed by atoms with Crippen LogP contribution in [0, 0.1) is 11.3 Å². The summed E-state index contributed by atoms with van der Waals surface area (Å²) in [6.07, 6.45) is 1.93. The normalized spacial score (nSPS) is 10.4. The molecule has 16 heavy (non-hydrogen) atoms. The van der Waals surface area contributed by atoms with Crippen molar-refractivity contribution in [3.63, 3.8) is 0 Å². The number of aromatic nitrogens is 2. The molecule has 0 unspecified atom stereocenters. The van der Waals surface area contributed by atoms with Crippen LogP contribution in [0.15, 0.2) is 35.8 Å². The second-order valence-corrected chi connectivity index (χ2v) is 4.26. The van der Waals surface area contributed by atoms with Gasteiger partial charge in [0.1, 0.15) is 6.07 Å². The lowest BCUT2D eigenvalue weighted by Gasteiger charge is -1.92. The van der Waals surface area contributed by atoms with E-state index in [0.717, 1.165) is 22.2 Å². The van der Waals surface area contributed by atoms with E-state index < -0.39 is 0 Å².